The minimum Gasteiger partial charge on any atom is -0.383 e. The van der Waals surface area contributed by atoms with Crippen molar-refractivity contribution < 1.29 is 28.2 Å². The summed E-state index contributed by atoms with van der Waals surface area (Å²) in [7, 11) is -0.725. The van der Waals surface area contributed by atoms with Crippen LogP contribution in [0.4, 0.5) is 0 Å². The van der Waals surface area contributed by atoms with Crippen LogP contribution in [0.2, 0.25) is 0 Å². The summed E-state index contributed by atoms with van der Waals surface area (Å²) in [4.78, 5) is 0. The van der Waals surface area contributed by atoms with Crippen molar-refractivity contribution in [1.29, 1.82) is 0 Å². The van der Waals surface area contributed by atoms with Gasteiger partial charge in [0, 0.05) is 17.3 Å². The highest BCUT2D eigenvalue weighted by Crippen LogP contribution is 2.10. The zero-order chi connectivity index (χ0) is 27.4. The molecule has 0 N–H and O–H groups in total. The molecule has 0 unspecified atom stereocenters. The smallest absolute Gasteiger partial charge is 0.383 e. The Bertz CT molecular complexity index is 389. The van der Waals surface area contributed by atoms with Crippen LogP contribution in [0.1, 0.15) is 60.8 Å². The van der Waals surface area contributed by atoms with Gasteiger partial charge in [-0.2, -0.15) is 35.3 Å². The van der Waals surface area contributed by atoms with Gasteiger partial charge in [0.15, 0.2) is 0 Å². The van der Waals surface area contributed by atoms with E-state index >= 15 is 0 Å². The first-order valence-electron chi connectivity index (χ1n) is 14.2. The number of hydrogen-bond acceptors (Lipinski definition) is 9. The monoisotopic (exact) mass is 584 g/mol. The second-order valence-corrected chi connectivity index (χ2v) is 13.8. The van der Waals surface area contributed by atoms with Crippen molar-refractivity contribution in [2.75, 3.05) is 94.0 Å². The molecular weight excluding hydrogens is 527 g/mol. The lowest BCUT2D eigenvalue weighted by Gasteiger charge is -2.15. The number of hydrogen-bond donors (Lipinski definition) is 0. The van der Waals surface area contributed by atoms with E-state index in [9.17, 15) is 0 Å². The molecule has 0 aliphatic carbocycles. The molecule has 0 aromatic rings. The molecule has 37 heavy (non-hydrogen) atoms. The van der Waals surface area contributed by atoms with Crippen LogP contribution < -0.4 is 0 Å². The van der Waals surface area contributed by atoms with Gasteiger partial charge in [0.05, 0.1) is 59.5 Å². The van der Waals surface area contributed by atoms with Crippen molar-refractivity contribution in [3.05, 3.63) is 0 Å². The first-order chi connectivity index (χ1) is 17.9. The predicted molar refractivity (Wildman–Crippen MR) is 166 cm³/mol. The lowest BCUT2D eigenvalue weighted by Crippen LogP contribution is -2.31. The molecule has 0 spiro atoms. The van der Waals surface area contributed by atoms with Crippen LogP contribution in [0.3, 0.4) is 0 Å². The molecule has 222 valence electrons. The maximum absolute atomic E-state index is 5.77. The van der Waals surface area contributed by atoms with E-state index in [-0.39, 0.29) is 0 Å². The maximum atomic E-state index is 5.77. The van der Waals surface area contributed by atoms with Gasteiger partial charge in [0.2, 0.25) is 0 Å². The summed E-state index contributed by atoms with van der Waals surface area (Å²) in [5.74, 6) is 8.91. The Morgan fingerprint density at radius 1 is 0.405 bits per heavy atom. The molecule has 0 rings (SSSR count). The minimum atomic E-state index is -0.725. The van der Waals surface area contributed by atoms with E-state index in [1.807, 2.05) is 35.3 Å². The second-order valence-electron chi connectivity index (χ2n) is 10.1. The molecule has 0 heterocycles. The van der Waals surface area contributed by atoms with Gasteiger partial charge in [-0.15, -0.1) is 0 Å². The van der Waals surface area contributed by atoms with E-state index in [2.05, 4.69) is 41.5 Å². The summed E-state index contributed by atoms with van der Waals surface area (Å²) in [6.45, 7) is 18.7. The van der Waals surface area contributed by atoms with E-state index in [4.69, 9.17) is 28.2 Å². The molecule has 0 saturated carbocycles. The average molecular weight is 585 g/mol. The molecule has 0 aliphatic rings. The Morgan fingerprint density at radius 3 is 0.973 bits per heavy atom. The number of rotatable bonds is 30. The third kappa shape index (κ3) is 33.0. The fraction of sp³-hybridized carbons (Fsp3) is 1.00. The summed E-state index contributed by atoms with van der Waals surface area (Å²) < 4.78 is 34.4. The highest BCUT2D eigenvalue weighted by molar-refractivity contribution is 7.99. The van der Waals surface area contributed by atoms with Crippen molar-refractivity contribution >= 4 is 42.6 Å². The van der Waals surface area contributed by atoms with E-state index in [0.717, 1.165) is 54.8 Å². The van der Waals surface area contributed by atoms with Crippen LogP contribution in [0.5, 0.6) is 0 Å². The normalized spacial score (nSPS) is 11.9. The summed E-state index contributed by atoms with van der Waals surface area (Å²) in [6.07, 6.45) is 3.77. The molecule has 0 saturated heterocycles. The van der Waals surface area contributed by atoms with E-state index < -0.39 is 7.32 Å². The summed E-state index contributed by atoms with van der Waals surface area (Å²) >= 11 is 5.84. The SMILES string of the molecule is CC(C)CCSCCOCCOB(OCCOCCSCCC(C)C)OCCOCCSCCC(C)C. The van der Waals surface area contributed by atoms with Gasteiger partial charge >= 0.3 is 7.32 Å². The Hall–Kier alpha value is 0.875. The number of ether oxygens (including phenoxy) is 3. The fourth-order valence-electron chi connectivity index (χ4n) is 2.68. The molecule has 0 aromatic heterocycles. The predicted octanol–water partition coefficient (Wildman–Crippen LogP) is 6.41. The number of thioether (sulfide) groups is 3. The molecule has 0 aromatic carbocycles. The van der Waals surface area contributed by atoms with Crippen molar-refractivity contribution in [2.24, 2.45) is 17.8 Å². The van der Waals surface area contributed by atoms with Crippen LogP contribution >= 0.6 is 35.3 Å². The Kier molecular flexibility index (Phi) is 30.6. The minimum absolute atomic E-state index is 0.433. The molecule has 10 heteroatoms. The van der Waals surface area contributed by atoms with Gasteiger partial charge in [-0.3, -0.25) is 0 Å². The van der Waals surface area contributed by atoms with E-state index in [0.29, 0.717) is 39.6 Å². The van der Waals surface area contributed by atoms with Crippen molar-refractivity contribution in [1.82, 2.24) is 0 Å². The van der Waals surface area contributed by atoms with Crippen LogP contribution in [-0.2, 0) is 28.2 Å². The highest BCUT2D eigenvalue weighted by Gasteiger charge is 2.21. The first-order valence-corrected chi connectivity index (χ1v) is 17.7. The Balaban J connectivity index is 3.92. The third-order valence-corrected chi connectivity index (χ3v) is 8.02. The largest absolute Gasteiger partial charge is 0.639 e. The Labute approximate surface area is 242 Å². The van der Waals surface area contributed by atoms with Crippen LogP contribution in [0.15, 0.2) is 0 Å². The van der Waals surface area contributed by atoms with Crippen LogP contribution in [0, 0.1) is 17.8 Å². The molecule has 0 aliphatic heterocycles. The zero-order valence-electron chi connectivity index (χ0n) is 24.7. The topological polar surface area (TPSA) is 55.4 Å². The first kappa shape index (κ1) is 37.9. The molecule has 0 bridgehead atoms. The molecular formula is C27H57BO6S3. The van der Waals surface area contributed by atoms with Gasteiger partial charge < -0.3 is 28.2 Å². The quantitative estimate of drug-likeness (QED) is 0.0704. The van der Waals surface area contributed by atoms with E-state index in [1.165, 1.54) is 36.5 Å². The molecule has 0 atom stereocenters. The lowest BCUT2D eigenvalue weighted by atomic mass is 10.2. The van der Waals surface area contributed by atoms with Gasteiger partial charge in [0.25, 0.3) is 0 Å². The standard InChI is InChI=1S/C27H57BO6S3/c1-25(2)7-19-35-22-16-29-10-13-32-28(33-14-11-30-17-23-36-20-8-26(3)4)34-15-12-31-18-24-37-21-9-27(5)6/h25-27H,7-24H2,1-6H3. The zero-order valence-corrected chi connectivity index (χ0v) is 27.2. The van der Waals surface area contributed by atoms with E-state index in [1.54, 1.807) is 0 Å². The van der Waals surface area contributed by atoms with Crippen molar-refractivity contribution in [2.45, 2.75) is 60.8 Å². The van der Waals surface area contributed by atoms with Crippen molar-refractivity contribution in [3.63, 3.8) is 0 Å². The maximum Gasteiger partial charge on any atom is 0.639 e. The van der Waals surface area contributed by atoms with Gasteiger partial charge in [0.1, 0.15) is 0 Å². The molecule has 6 nitrogen and oxygen atoms in total. The Morgan fingerprint density at radius 2 is 0.703 bits per heavy atom. The fourth-order valence-corrected chi connectivity index (χ4v) is 5.91. The van der Waals surface area contributed by atoms with Gasteiger partial charge in [-0.05, 0) is 54.3 Å². The van der Waals surface area contributed by atoms with Crippen LogP contribution in [-0.4, -0.2) is 101 Å². The summed E-state index contributed by atoms with van der Waals surface area (Å²) in [5.41, 5.74) is 0. The lowest BCUT2D eigenvalue weighted by molar-refractivity contribution is 0.0248. The summed E-state index contributed by atoms with van der Waals surface area (Å²) in [5, 5.41) is 0. The third-order valence-electron chi connectivity index (χ3n) is 5.08. The summed E-state index contributed by atoms with van der Waals surface area (Å²) in [6, 6.07) is 0. The molecule has 0 amide bonds. The molecule has 0 fully saturated rings. The average Bonchev–Trinajstić information content (AvgIpc) is 2.84. The van der Waals surface area contributed by atoms with Crippen LogP contribution in [0.25, 0.3) is 0 Å². The molecule has 0 radical (unpaired) electrons. The highest BCUT2D eigenvalue weighted by atomic mass is 32.2. The van der Waals surface area contributed by atoms with Gasteiger partial charge in [-0.25, -0.2) is 0 Å². The van der Waals surface area contributed by atoms with Crippen molar-refractivity contribution in [3.8, 4) is 0 Å². The second kappa shape index (κ2) is 29.8. The van der Waals surface area contributed by atoms with Gasteiger partial charge in [-0.1, -0.05) is 41.5 Å².